The second-order valence-electron chi connectivity index (χ2n) is 7.12. The number of carbonyl (C=O) groups is 1. The van der Waals surface area contributed by atoms with Gasteiger partial charge in [0.05, 0.1) is 5.69 Å². The van der Waals surface area contributed by atoms with Crippen LogP contribution in [0.2, 0.25) is 5.02 Å². The van der Waals surface area contributed by atoms with Gasteiger partial charge < -0.3 is 9.88 Å². The molecule has 1 aromatic heterocycles. The standard InChI is InChI=1S/C22H21ClFN3O/c1-14-6-11-17(13-18(14)24)25-22(28)20-19-5-3-2-4-12-27(19)21(26-20)15-7-9-16(23)10-8-15/h6-11,13H,2-5,12H2,1H3,(H,25,28). The van der Waals surface area contributed by atoms with E-state index in [1.807, 2.05) is 24.3 Å². The lowest BCUT2D eigenvalue weighted by Gasteiger charge is -2.09. The van der Waals surface area contributed by atoms with Crippen molar-refractivity contribution in [3.05, 3.63) is 70.3 Å². The number of anilines is 1. The molecule has 144 valence electrons. The van der Waals surface area contributed by atoms with Crippen molar-refractivity contribution in [1.29, 1.82) is 0 Å². The van der Waals surface area contributed by atoms with E-state index < -0.39 is 0 Å². The molecular formula is C22H21ClFN3O. The minimum Gasteiger partial charge on any atom is -0.327 e. The van der Waals surface area contributed by atoms with Crippen molar-refractivity contribution >= 4 is 23.2 Å². The molecule has 0 bridgehead atoms. The van der Waals surface area contributed by atoms with Crippen LogP contribution in [0.5, 0.6) is 0 Å². The number of carbonyl (C=O) groups excluding carboxylic acids is 1. The first kappa shape index (κ1) is 18.7. The number of halogens is 2. The summed E-state index contributed by atoms with van der Waals surface area (Å²) in [5.41, 5.74) is 3.24. The third-order valence-corrected chi connectivity index (χ3v) is 5.37. The Morgan fingerprint density at radius 1 is 1.14 bits per heavy atom. The maximum atomic E-state index is 13.8. The van der Waals surface area contributed by atoms with E-state index in [1.165, 1.54) is 6.07 Å². The number of hydrogen-bond acceptors (Lipinski definition) is 2. The third kappa shape index (κ3) is 3.67. The van der Waals surface area contributed by atoms with E-state index in [-0.39, 0.29) is 11.7 Å². The molecule has 1 aliphatic rings. The number of aryl methyl sites for hydroxylation is 1. The van der Waals surface area contributed by atoms with Crippen molar-refractivity contribution in [1.82, 2.24) is 9.55 Å². The van der Waals surface area contributed by atoms with Gasteiger partial charge in [0.25, 0.3) is 5.91 Å². The van der Waals surface area contributed by atoms with Crippen LogP contribution in [0.1, 0.15) is 41.0 Å². The van der Waals surface area contributed by atoms with E-state index in [4.69, 9.17) is 11.6 Å². The van der Waals surface area contributed by atoms with E-state index in [0.29, 0.717) is 22.0 Å². The number of amides is 1. The quantitative estimate of drug-likeness (QED) is 0.622. The first-order valence-corrected chi connectivity index (χ1v) is 9.83. The minimum atomic E-state index is -0.344. The number of imidazole rings is 1. The maximum absolute atomic E-state index is 13.8. The molecule has 1 N–H and O–H groups in total. The molecule has 2 heterocycles. The van der Waals surface area contributed by atoms with Gasteiger partial charge in [-0.2, -0.15) is 0 Å². The average Bonchev–Trinajstić information content (AvgIpc) is 2.87. The van der Waals surface area contributed by atoms with Gasteiger partial charge in [-0.15, -0.1) is 0 Å². The van der Waals surface area contributed by atoms with Gasteiger partial charge in [-0.1, -0.05) is 24.1 Å². The fourth-order valence-corrected chi connectivity index (χ4v) is 3.71. The molecule has 1 amide bonds. The Morgan fingerprint density at radius 2 is 1.93 bits per heavy atom. The smallest absolute Gasteiger partial charge is 0.276 e. The number of benzene rings is 2. The van der Waals surface area contributed by atoms with Crippen molar-refractivity contribution in [3.8, 4) is 11.4 Å². The van der Waals surface area contributed by atoms with Crippen LogP contribution in [0, 0.1) is 12.7 Å². The molecule has 2 aromatic carbocycles. The zero-order valence-corrected chi connectivity index (χ0v) is 16.4. The summed E-state index contributed by atoms with van der Waals surface area (Å²) >= 11 is 6.02. The van der Waals surface area contributed by atoms with E-state index in [2.05, 4.69) is 14.9 Å². The van der Waals surface area contributed by atoms with Crippen molar-refractivity contribution in [2.24, 2.45) is 0 Å². The van der Waals surface area contributed by atoms with E-state index in [0.717, 1.165) is 49.3 Å². The zero-order valence-electron chi connectivity index (χ0n) is 15.6. The van der Waals surface area contributed by atoms with Gasteiger partial charge in [-0.3, -0.25) is 4.79 Å². The number of nitrogens with one attached hydrogen (secondary N) is 1. The summed E-state index contributed by atoms with van der Waals surface area (Å²) in [6, 6.07) is 12.2. The van der Waals surface area contributed by atoms with Crippen LogP contribution in [0.15, 0.2) is 42.5 Å². The number of fused-ring (bicyclic) bond motifs is 1. The van der Waals surface area contributed by atoms with Crippen molar-refractivity contribution in [2.45, 2.75) is 39.2 Å². The van der Waals surface area contributed by atoms with Crippen LogP contribution >= 0.6 is 11.6 Å². The molecule has 4 nitrogen and oxygen atoms in total. The van der Waals surface area contributed by atoms with Crippen LogP contribution < -0.4 is 5.32 Å². The van der Waals surface area contributed by atoms with Gasteiger partial charge in [-0.25, -0.2) is 9.37 Å². The Morgan fingerprint density at radius 3 is 2.68 bits per heavy atom. The summed E-state index contributed by atoms with van der Waals surface area (Å²) < 4.78 is 16.0. The monoisotopic (exact) mass is 397 g/mol. The van der Waals surface area contributed by atoms with Crippen molar-refractivity contribution in [2.75, 3.05) is 5.32 Å². The highest BCUT2D eigenvalue weighted by molar-refractivity contribution is 6.30. The summed E-state index contributed by atoms with van der Waals surface area (Å²) in [5.74, 6) is 0.117. The SMILES string of the molecule is Cc1ccc(NC(=O)c2nc(-c3ccc(Cl)cc3)n3c2CCCCC3)cc1F. The predicted molar refractivity (Wildman–Crippen MR) is 109 cm³/mol. The average molecular weight is 398 g/mol. The summed E-state index contributed by atoms with van der Waals surface area (Å²) in [7, 11) is 0. The molecule has 0 saturated heterocycles. The van der Waals surface area contributed by atoms with Crippen molar-refractivity contribution in [3.63, 3.8) is 0 Å². The highest BCUT2D eigenvalue weighted by atomic mass is 35.5. The molecule has 0 radical (unpaired) electrons. The molecule has 6 heteroatoms. The fourth-order valence-electron chi connectivity index (χ4n) is 3.58. The number of aromatic nitrogens is 2. The van der Waals surface area contributed by atoms with Crippen LogP contribution in [-0.4, -0.2) is 15.5 Å². The molecule has 3 aromatic rings. The lowest BCUT2D eigenvalue weighted by atomic mass is 10.1. The Kier molecular flexibility index (Phi) is 5.18. The van der Waals surface area contributed by atoms with Gasteiger partial charge in [-0.05, 0) is 68.1 Å². The Balaban J connectivity index is 1.72. The summed E-state index contributed by atoms with van der Waals surface area (Å²) in [5, 5.41) is 3.45. The Hall–Kier alpha value is -2.66. The summed E-state index contributed by atoms with van der Waals surface area (Å²) in [4.78, 5) is 17.6. The topological polar surface area (TPSA) is 46.9 Å². The largest absolute Gasteiger partial charge is 0.327 e. The van der Waals surface area contributed by atoms with Gasteiger partial charge in [0.2, 0.25) is 0 Å². The Bertz CT molecular complexity index is 1030. The molecule has 0 saturated carbocycles. The second-order valence-corrected chi connectivity index (χ2v) is 7.55. The normalized spacial score (nSPS) is 13.7. The van der Waals surface area contributed by atoms with Gasteiger partial charge >= 0.3 is 0 Å². The molecule has 4 rings (SSSR count). The molecule has 0 aliphatic carbocycles. The maximum Gasteiger partial charge on any atom is 0.276 e. The van der Waals surface area contributed by atoms with Crippen molar-refractivity contribution < 1.29 is 9.18 Å². The third-order valence-electron chi connectivity index (χ3n) is 5.12. The first-order valence-electron chi connectivity index (χ1n) is 9.46. The molecular weight excluding hydrogens is 377 g/mol. The molecule has 1 aliphatic heterocycles. The van der Waals surface area contributed by atoms with Crippen LogP contribution in [0.4, 0.5) is 10.1 Å². The number of nitrogens with zero attached hydrogens (tertiary/aromatic N) is 2. The zero-order chi connectivity index (χ0) is 19.7. The lowest BCUT2D eigenvalue weighted by Crippen LogP contribution is -2.15. The fraction of sp³-hybridized carbons (Fsp3) is 0.273. The molecule has 0 unspecified atom stereocenters. The van der Waals surface area contributed by atoms with Crippen LogP contribution in [0.25, 0.3) is 11.4 Å². The van der Waals surface area contributed by atoms with Crippen LogP contribution in [0.3, 0.4) is 0 Å². The second kappa shape index (κ2) is 7.76. The number of rotatable bonds is 3. The molecule has 28 heavy (non-hydrogen) atoms. The first-order chi connectivity index (χ1) is 13.5. The van der Waals surface area contributed by atoms with Gasteiger partial charge in [0, 0.05) is 22.8 Å². The molecule has 0 spiro atoms. The summed E-state index contributed by atoms with van der Waals surface area (Å²) in [6.07, 6.45) is 3.98. The number of hydrogen-bond donors (Lipinski definition) is 1. The molecule has 0 fully saturated rings. The predicted octanol–water partition coefficient (Wildman–Crippen LogP) is 5.63. The van der Waals surface area contributed by atoms with Gasteiger partial charge in [0.1, 0.15) is 17.3 Å². The van der Waals surface area contributed by atoms with E-state index in [9.17, 15) is 9.18 Å². The van der Waals surface area contributed by atoms with E-state index in [1.54, 1.807) is 19.1 Å². The minimum absolute atomic E-state index is 0.311. The highest BCUT2D eigenvalue weighted by Gasteiger charge is 2.24. The Labute approximate surface area is 168 Å². The lowest BCUT2D eigenvalue weighted by molar-refractivity contribution is 0.102. The summed E-state index contributed by atoms with van der Waals surface area (Å²) in [6.45, 7) is 2.52. The van der Waals surface area contributed by atoms with Crippen LogP contribution in [-0.2, 0) is 13.0 Å². The van der Waals surface area contributed by atoms with Gasteiger partial charge in [0.15, 0.2) is 0 Å². The molecule has 0 atom stereocenters. The highest BCUT2D eigenvalue weighted by Crippen LogP contribution is 2.28. The van der Waals surface area contributed by atoms with E-state index >= 15 is 0 Å².